The molecule has 0 heterocycles. The van der Waals surface area contributed by atoms with Crippen molar-refractivity contribution < 1.29 is 4.79 Å². The van der Waals surface area contributed by atoms with Crippen LogP contribution < -0.4 is 0 Å². The third kappa shape index (κ3) is 3.05. The first-order valence-electron chi connectivity index (χ1n) is 5.89. The quantitative estimate of drug-likeness (QED) is 0.723. The summed E-state index contributed by atoms with van der Waals surface area (Å²) in [5.74, 6) is 0.436. The summed E-state index contributed by atoms with van der Waals surface area (Å²) < 4.78 is 0. The van der Waals surface area contributed by atoms with Gasteiger partial charge in [-0.25, -0.2) is 0 Å². The van der Waals surface area contributed by atoms with Gasteiger partial charge in [0.25, 0.3) is 0 Å². The number of hydrogen-bond donors (Lipinski definition) is 0. The van der Waals surface area contributed by atoms with Crippen LogP contribution in [0.15, 0.2) is 30.3 Å². The number of carbonyl (C=O) groups is 1. The molecule has 0 N–H and O–H groups in total. The van der Waals surface area contributed by atoms with E-state index in [1.165, 1.54) is 5.56 Å². The van der Waals surface area contributed by atoms with Crippen LogP contribution in [0.3, 0.4) is 0 Å². The first-order chi connectivity index (χ1) is 7.34. The monoisotopic (exact) mass is 234 g/mol. The fraction of sp³-hybridized carbons (Fsp3) is 0.500. The van der Waals surface area contributed by atoms with Crippen molar-refractivity contribution in [2.75, 3.05) is 0 Å². The van der Waals surface area contributed by atoms with Gasteiger partial charge < -0.3 is 0 Å². The molecule has 0 saturated carbocycles. The molecule has 0 bridgehead atoms. The van der Waals surface area contributed by atoms with Crippen molar-refractivity contribution in [3.05, 3.63) is 35.9 Å². The summed E-state index contributed by atoms with van der Waals surface area (Å²) in [5.41, 5.74) is 1.75. The van der Waals surface area contributed by atoms with E-state index in [2.05, 4.69) is 50.8 Å². The van der Waals surface area contributed by atoms with E-state index >= 15 is 0 Å². The van der Waals surface area contributed by atoms with E-state index in [0.717, 1.165) is 0 Å². The minimum absolute atomic E-state index is 0.133. The molecule has 0 amide bonds. The standard InChI is InChI=1S/C14H22OSi/c1-11(12(2)15)14(16(3,4)5)13-9-7-6-8-10-13/h6-11,14H,1-5H3. The molecule has 2 unspecified atom stereocenters. The second-order valence-corrected chi connectivity index (χ2v) is 11.0. The number of ketones is 1. The lowest BCUT2D eigenvalue weighted by Gasteiger charge is -2.33. The highest BCUT2D eigenvalue weighted by Gasteiger charge is 2.34. The van der Waals surface area contributed by atoms with Gasteiger partial charge in [-0.2, -0.15) is 0 Å². The van der Waals surface area contributed by atoms with E-state index in [4.69, 9.17) is 0 Å². The Morgan fingerprint density at radius 3 is 2.00 bits per heavy atom. The summed E-state index contributed by atoms with van der Waals surface area (Å²) >= 11 is 0. The Kier molecular flexibility index (Phi) is 4.08. The van der Waals surface area contributed by atoms with Gasteiger partial charge in [0.05, 0.1) is 8.07 Å². The van der Waals surface area contributed by atoms with Crippen LogP contribution in [0.4, 0.5) is 0 Å². The van der Waals surface area contributed by atoms with E-state index < -0.39 is 8.07 Å². The second kappa shape index (κ2) is 4.96. The highest BCUT2D eigenvalue weighted by molar-refractivity contribution is 6.77. The summed E-state index contributed by atoms with van der Waals surface area (Å²) in [6.07, 6.45) is 0. The third-order valence-corrected chi connectivity index (χ3v) is 5.93. The van der Waals surface area contributed by atoms with E-state index in [9.17, 15) is 4.79 Å². The van der Waals surface area contributed by atoms with Gasteiger partial charge in [-0.15, -0.1) is 0 Å². The SMILES string of the molecule is CC(=O)C(C)C(c1ccccc1)[Si](C)(C)C. The van der Waals surface area contributed by atoms with Gasteiger partial charge in [-0.3, -0.25) is 4.79 Å². The van der Waals surface area contributed by atoms with Crippen molar-refractivity contribution in [3.63, 3.8) is 0 Å². The molecule has 0 fully saturated rings. The summed E-state index contributed by atoms with van der Waals surface area (Å²) in [5, 5.41) is 0. The van der Waals surface area contributed by atoms with Gasteiger partial charge in [-0.1, -0.05) is 56.9 Å². The lowest BCUT2D eigenvalue weighted by molar-refractivity contribution is -0.120. The minimum atomic E-state index is -1.37. The van der Waals surface area contributed by atoms with E-state index in [1.54, 1.807) is 6.92 Å². The molecule has 0 aromatic heterocycles. The maximum absolute atomic E-state index is 11.6. The average Bonchev–Trinajstić information content (AvgIpc) is 2.17. The van der Waals surface area contributed by atoms with Gasteiger partial charge in [0.1, 0.15) is 5.78 Å². The molecule has 0 saturated heterocycles. The zero-order valence-corrected chi connectivity index (χ0v) is 11.9. The number of hydrogen-bond acceptors (Lipinski definition) is 1. The minimum Gasteiger partial charge on any atom is -0.300 e. The molecular weight excluding hydrogens is 212 g/mol. The molecule has 0 aliphatic rings. The highest BCUT2D eigenvalue weighted by Crippen LogP contribution is 2.34. The Balaban J connectivity index is 3.12. The number of Topliss-reactive ketones (excluding diaryl/α,β-unsaturated/α-hetero) is 1. The van der Waals surface area contributed by atoms with Crippen LogP contribution in [-0.2, 0) is 4.79 Å². The van der Waals surface area contributed by atoms with Crippen LogP contribution in [0.5, 0.6) is 0 Å². The van der Waals surface area contributed by atoms with Gasteiger partial charge in [0, 0.05) is 5.92 Å². The van der Waals surface area contributed by atoms with Crippen molar-refractivity contribution >= 4 is 13.9 Å². The maximum Gasteiger partial charge on any atom is 0.132 e. The summed E-state index contributed by atoms with van der Waals surface area (Å²) in [6, 6.07) is 10.5. The van der Waals surface area contributed by atoms with E-state index in [0.29, 0.717) is 11.3 Å². The number of benzene rings is 1. The fourth-order valence-corrected chi connectivity index (χ4v) is 5.36. The molecule has 0 aliphatic heterocycles. The molecule has 16 heavy (non-hydrogen) atoms. The largest absolute Gasteiger partial charge is 0.300 e. The normalized spacial score (nSPS) is 15.6. The van der Waals surface area contributed by atoms with E-state index in [1.807, 2.05) is 6.07 Å². The van der Waals surface area contributed by atoms with Crippen molar-refractivity contribution in [2.45, 2.75) is 39.0 Å². The molecule has 2 heteroatoms. The summed E-state index contributed by atoms with van der Waals surface area (Å²) in [6.45, 7) is 10.8. The summed E-state index contributed by atoms with van der Waals surface area (Å²) in [7, 11) is -1.37. The molecule has 1 rings (SSSR count). The maximum atomic E-state index is 11.6. The fourth-order valence-electron chi connectivity index (χ4n) is 2.43. The Morgan fingerprint density at radius 1 is 1.12 bits per heavy atom. The van der Waals surface area contributed by atoms with Crippen LogP contribution in [0.1, 0.15) is 25.0 Å². The lowest BCUT2D eigenvalue weighted by Crippen LogP contribution is -2.37. The van der Waals surface area contributed by atoms with Crippen molar-refractivity contribution in [2.24, 2.45) is 5.92 Å². The van der Waals surface area contributed by atoms with Crippen molar-refractivity contribution in [1.29, 1.82) is 0 Å². The van der Waals surface area contributed by atoms with Gasteiger partial charge in [-0.05, 0) is 18.0 Å². The van der Waals surface area contributed by atoms with Crippen molar-refractivity contribution in [1.82, 2.24) is 0 Å². The molecule has 1 aromatic carbocycles. The van der Waals surface area contributed by atoms with Crippen LogP contribution in [-0.4, -0.2) is 13.9 Å². The highest BCUT2D eigenvalue weighted by atomic mass is 28.3. The molecular formula is C14H22OSi. The summed E-state index contributed by atoms with van der Waals surface area (Å²) in [4.78, 5) is 11.6. The Hall–Kier alpha value is -0.893. The predicted octanol–water partition coefficient (Wildman–Crippen LogP) is 3.87. The molecule has 1 aromatic rings. The van der Waals surface area contributed by atoms with Gasteiger partial charge in [0.15, 0.2) is 0 Å². The van der Waals surface area contributed by atoms with Gasteiger partial charge >= 0.3 is 0 Å². The molecule has 0 spiro atoms. The zero-order valence-electron chi connectivity index (χ0n) is 10.9. The Bertz CT molecular complexity index is 351. The first-order valence-corrected chi connectivity index (χ1v) is 9.47. The molecule has 88 valence electrons. The number of rotatable bonds is 4. The van der Waals surface area contributed by atoms with E-state index in [-0.39, 0.29) is 5.92 Å². The van der Waals surface area contributed by atoms with Gasteiger partial charge in [0.2, 0.25) is 0 Å². The van der Waals surface area contributed by atoms with Crippen LogP contribution in [0.2, 0.25) is 19.6 Å². The molecule has 0 aliphatic carbocycles. The Labute approximate surface area is 99.9 Å². The predicted molar refractivity (Wildman–Crippen MR) is 72.4 cm³/mol. The van der Waals surface area contributed by atoms with Crippen LogP contribution in [0, 0.1) is 5.92 Å². The zero-order chi connectivity index (χ0) is 12.3. The topological polar surface area (TPSA) is 17.1 Å². The molecule has 2 atom stereocenters. The first kappa shape index (κ1) is 13.2. The third-order valence-electron chi connectivity index (χ3n) is 3.23. The second-order valence-electron chi connectivity index (χ2n) is 5.65. The average molecular weight is 234 g/mol. The van der Waals surface area contributed by atoms with Crippen molar-refractivity contribution in [3.8, 4) is 0 Å². The molecule has 0 radical (unpaired) electrons. The Morgan fingerprint density at radius 2 is 1.62 bits per heavy atom. The van der Waals surface area contributed by atoms with Crippen LogP contribution in [0.25, 0.3) is 0 Å². The van der Waals surface area contributed by atoms with Crippen LogP contribution >= 0.6 is 0 Å². The smallest absolute Gasteiger partial charge is 0.132 e. The lowest BCUT2D eigenvalue weighted by atomic mass is 9.97. The molecule has 1 nitrogen and oxygen atoms in total. The number of carbonyl (C=O) groups excluding carboxylic acids is 1.